The molecule has 3 N–H and O–H groups in total. The number of hydrogen-bond donors (Lipinski definition) is 3. The van der Waals surface area contributed by atoms with Gasteiger partial charge in [-0.25, -0.2) is 14.0 Å². The van der Waals surface area contributed by atoms with Crippen LogP contribution in [0, 0.1) is 5.82 Å². The van der Waals surface area contributed by atoms with Crippen LogP contribution < -0.4 is 5.32 Å². The van der Waals surface area contributed by atoms with E-state index >= 15 is 0 Å². The van der Waals surface area contributed by atoms with Crippen molar-refractivity contribution in [3.8, 4) is 0 Å². The minimum atomic E-state index is -1.26. The van der Waals surface area contributed by atoms with Crippen molar-refractivity contribution in [3.63, 3.8) is 0 Å². The third kappa shape index (κ3) is 7.86. The van der Waals surface area contributed by atoms with E-state index in [-0.39, 0.29) is 12.4 Å². The van der Waals surface area contributed by atoms with Crippen LogP contribution in [0.4, 0.5) is 4.39 Å². The molecule has 9 heteroatoms. The summed E-state index contributed by atoms with van der Waals surface area (Å²) in [5.74, 6) is -2.91. The lowest BCUT2D eigenvalue weighted by atomic mass is 9.88. The lowest BCUT2D eigenvalue weighted by molar-refractivity contribution is -0.148. The van der Waals surface area contributed by atoms with Gasteiger partial charge >= 0.3 is 11.9 Å². The van der Waals surface area contributed by atoms with E-state index in [4.69, 9.17) is 26.6 Å². The monoisotopic (exact) mass is 401 g/mol. The van der Waals surface area contributed by atoms with Crippen molar-refractivity contribution in [3.05, 3.63) is 46.8 Å². The van der Waals surface area contributed by atoms with Crippen LogP contribution in [0.5, 0.6) is 0 Å². The third-order valence-corrected chi connectivity index (χ3v) is 4.18. The Hall–Kier alpha value is -2.29. The zero-order valence-corrected chi connectivity index (χ0v) is 15.5. The van der Waals surface area contributed by atoms with Gasteiger partial charge < -0.3 is 20.3 Å². The summed E-state index contributed by atoms with van der Waals surface area (Å²) in [6, 6.07) is 4.46. The molecule has 0 saturated carbocycles. The first-order valence-electron chi connectivity index (χ1n) is 8.10. The maximum absolute atomic E-state index is 13.7. The molecule has 2 rings (SSSR count). The van der Waals surface area contributed by atoms with Crippen molar-refractivity contribution >= 4 is 29.3 Å². The Morgan fingerprint density at radius 3 is 2.22 bits per heavy atom. The number of carbonyl (C=O) groups excluding carboxylic acids is 1. The molecule has 0 spiro atoms. The fourth-order valence-corrected chi connectivity index (χ4v) is 2.58. The number of hydrogen-bond acceptors (Lipinski definition) is 5. The Kier molecular flexibility index (Phi) is 9.07. The van der Waals surface area contributed by atoms with E-state index < -0.39 is 23.4 Å². The van der Waals surface area contributed by atoms with Crippen LogP contribution in [0.15, 0.2) is 30.4 Å². The molecule has 1 heterocycles. The molecule has 27 heavy (non-hydrogen) atoms. The van der Waals surface area contributed by atoms with Gasteiger partial charge in [-0.15, -0.1) is 0 Å². The number of carboxylic acids is 2. The summed E-state index contributed by atoms with van der Waals surface area (Å²) in [6.45, 7) is 3.09. The van der Waals surface area contributed by atoms with Gasteiger partial charge in [-0.2, -0.15) is 0 Å². The van der Waals surface area contributed by atoms with Gasteiger partial charge in [-0.05, 0) is 45.0 Å². The number of Topliss-reactive ketones (excluding diaryl/α,β-unsaturated/α-hetero) is 1. The van der Waals surface area contributed by atoms with Crippen molar-refractivity contribution in [2.24, 2.45) is 0 Å². The Morgan fingerprint density at radius 1 is 1.22 bits per heavy atom. The van der Waals surface area contributed by atoms with Crippen molar-refractivity contribution in [2.75, 3.05) is 13.1 Å². The molecule has 0 amide bonds. The largest absolute Gasteiger partial charge is 0.478 e. The van der Waals surface area contributed by atoms with Gasteiger partial charge in [-0.1, -0.05) is 17.7 Å². The zero-order valence-electron chi connectivity index (χ0n) is 14.7. The van der Waals surface area contributed by atoms with Gasteiger partial charge in [0, 0.05) is 22.7 Å². The number of nitrogens with one attached hydrogen (secondary N) is 1. The summed E-state index contributed by atoms with van der Waals surface area (Å²) >= 11 is 5.70. The van der Waals surface area contributed by atoms with Gasteiger partial charge in [0.05, 0.1) is 6.61 Å². The minimum absolute atomic E-state index is 0.00312. The Balaban J connectivity index is 0.000000387. The van der Waals surface area contributed by atoms with E-state index in [1.165, 1.54) is 13.0 Å². The fraction of sp³-hybridized carbons (Fsp3) is 0.389. The number of carbonyl (C=O) groups is 3. The molecule has 1 aliphatic rings. The number of piperidine rings is 1. The maximum Gasteiger partial charge on any atom is 0.328 e. The number of rotatable bonds is 6. The normalized spacial score (nSPS) is 15.7. The van der Waals surface area contributed by atoms with Gasteiger partial charge in [0.15, 0.2) is 5.78 Å². The average molecular weight is 402 g/mol. The summed E-state index contributed by atoms with van der Waals surface area (Å²) < 4.78 is 19.4. The summed E-state index contributed by atoms with van der Waals surface area (Å²) in [6.07, 6.45) is 2.36. The molecule has 1 aliphatic heterocycles. The molecule has 0 bridgehead atoms. The summed E-state index contributed by atoms with van der Waals surface area (Å²) in [5, 5.41) is 19.2. The minimum Gasteiger partial charge on any atom is -0.478 e. The lowest BCUT2D eigenvalue weighted by Crippen LogP contribution is -2.48. The van der Waals surface area contributed by atoms with Crippen molar-refractivity contribution in [1.29, 1.82) is 0 Å². The molecule has 0 unspecified atom stereocenters. The van der Waals surface area contributed by atoms with E-state index in [0.717, 1.165) is 13.1 Å². The first kappa shape index (κ1) is 22.8. The second-order valence-corrected chi connectivity index (χ2v) is 6.27. The topological polar surface area (TPSA) is 113 Å². The molecule has 7 nitrogen and oxygen atoms in total. The Bertz CT molecular complexity index is 700. The van der Waals surface area contributed by atoms with Crippen molar-refractivity contribution in [1.82, 2.24) is 5.32 Å². The van der Waals surface area contributed by atoms with Gasteiger partial charge in [0.2, 0.25) is 0 Å². The number of carboxylic acid groups (broad SMARTS) is 2. The number of ketones is 1. The molecular formula is C18H21ClFNO6. The van der Waals surface area contributed by atoms with Crippen LogP contribution in [0.2, 0.25) is 5.02 Å². The number of ether oxygens (including phenoxy) is 1. The number of aliphatic carboxylic acids is 2. The highest BCUT2D eigenvalue weighted by molar-refractivity contribution is 6.30. The molecule has 1 aromatic carbocycles. The van der Waals surface area contributed by atoms with Crippen LogP contribution in [-0.2, 0) is 25.7 Å². The average Bonchev–Trinajstić information content (AvgIpc) is 2.60. The Labute approximate surface area is 160 Å². The van der Waals surface area contributed by atoms with Crippen LogP contribution in [-0.4, -0.2) is 46.6 Å². The summed E-state index contributed by atoms with van der Waals surface area (Å²) in [7, 11) is 0. The SMILES string of the molecule is CC(=O)C1(OCc2ccc(Cl)cc2F)CCNCC1.O=C(O)/C=C\C(=O)O. The van der Waals surface area contributed by atoms with Gasteiger partial charge in [-0.3, -0.25) is 4.79 Å². The first-order chi connectivity index (χ1) is 12.7. The smallest absolute Gasteiger partial charge is 0.328 e. The van der Waals surface area contributed by atoms with Crippen LogP contribution >= 0.6 is 11.6 Å². The highest BCUT2D eigenvalue weighted by Gasteiger charge is 2.37. The van der Waals surface area contributed by atoms with Crippen molar-refractivity contribution < 1.29 is 33.7 Å². The molecule has 148 valence electrons. The van der Waals surface area contributed by atoms with Crippen LogP contribution in [0.1, 0.15) is 25.3 Å². The number of halogens is 2. The third-order valence-electron chi connectivity index (χ3n) is 3.94. The molecule has 0 atom stereocenters. The van der Waals surface area contributed by atoms with Crippen LogP contribution in [0.25, 0.3) is 0 Å². The van der Waals surface area contributed by atoms with Gasteiger partial charge in [0.25, 0.3) is 0 Å². The van der Waals surface area contributed by atoms with Crippen molar-refractivity contribution in [2.45, 2.75) is 32.0 Å². The fourth-order valence-electron chi connectivity index (χ4n) is 2.43. The maximum atomic E-state index is 13.7. The molecule has 0 aromatic heterocycles. The molecule has 1 saturated heterocycles. The van der Waals surface area contributed by atoms with E-state index in [1.54, 1.807) is 12.1 Å². The van der Waals surface area contributed by atoms with Gasteiger partial charge in [0.1, 0.15) is 11.4 Å². The molecular weight excluding hydrogens is 381 g/mol. The first-order valence-corrected chi connectivity index (χ1v) is 8.47. The molecule has 1 aromatic rings. The molecule has 1 fully saturated rings. The second kappa shape index (κ2) is 10.8. The second-order valence-electron chi connectivity index (χ2n) is 5.83. The predicted octanol–water partition coefficient (Wildman–Crippen LogP) is 2.42. The zero-order chi connectivity index (χ0) is 20.4. The van der Waals surface area contributed by atoms with E-state index in [2.05, 4.69) is 5.32 Å². The Morgan fingerprint density at radius 2 is 1.78 bits per heavy atom. The summed E-state index contributed by atoms with van der Waals surface area (Å²) in [5.41, 5.74) is -0.360. The van der Waals surface area contributed by atoms with Crippen LogP contribution in [0.3, 0.4) is 0 Å². The lowest BCUT2D eigenvalue weighted by Gasteiger charge is -2.35. The quantitative estimate of drug-likeness (QED) is 0.627. The predicted molar refractivity (Wildman–Crippen MR) is 96.1 cm³/mol. The van der Waals surface area contributed by atoms with E-state index in [9.17, 15) is 18.8 Å². The van der Waals surface area contributed by atoms with E-state index in [1.807, 2.05) is 0 Å². The molecule has 0 aliphatic carbocycles. The highest BCUT2D eigenvalue weighted by Crippen LogP contribution is 2.26. The number of benzene rings is 1. The molecule has 0 radical (unpaired) electrons. The highest BCUT2D eigenvalue weighted by atomic mass is 35.5. The standard InChI is InChI=1S/C14H17ClFNO2.C4H4O4/c1-10(18)14(4-6-17-7-5-14)19-9-11-2-3-12(15)8-13(11)16;5-3(6)1-2-4(7)8/h2-3,8,17H,4-7,9H2,1H3;1-2H,(H,5,6)(H,7,8)/b;2-1-. The van der Waals surface area contributed by atoms with E-state index in [0.29, 0.717) is 35.6 Å². The summed E-state index contributed by atoms with van der Waals surface area (Å²) in [4.78, 5) is 30.9.